The third-order valence-electron chi connectivity index (χ3n) is 4.41. The highest BCUT2D eigenvalue weighted by Crippen LogP contribution is 2.24. The Labute approximate surface area is 138 Å². The molecule has 1 fully saturated rings. The molecular formula is C16H19N3O5. The first-order valence-electron chi connectivity index (χ1n) is 8.01. The van der Waals surface area contributed by atoms with Crippen molar-refractivity contribution in [3.63, 3.8) is 0 Å². The number of piperidine rings is 1. The van der Waals surface area contributed by atoms with E-state index in [0.717, 1.165) is 6.54 Å². The lowest BCUT2D eigenvalue weighted by Gasteiger charge is -2.32. The molecule has 128 valence electrons. The second-order valence-electron chi connectivity index (χ2n) is 5.99. The lowest BCUT2D eigenvalue weighted by molar-refractivity contribution is -0.384. The van der Waals surface area contributed by atoms with E-state index in [0.29, 0.717) is 18.0 Å². The van der Waals surface area contributed by atoms with Gasteiger partial charge in [-0.1, -0.05) is 11.6 Å². The third kappa shape index (κ3) is 3.38. The minimum absolute atomic E-state index is 0.0478. The summed E-state index contributed by atoms with van der Waals surface area (Å²) < 4.78 is 10.3. The smallest absolute Gasteiger partial charge is 0.361 e. The molecule has 1 saturated heterocycles. The van der Waals surface area contributed by atoms with Crippen molar-refractivity contribution >= 4 is 22.6 Å². The molecule has 8 heteroatoms. The maximum Gasteiger partial charge on any atom is 0.361 e. The molecular weight excluding hydrogens is 314 g/mol. The van der Waals surface area contributed by atoms with E-state index >= 15 is 0 Å². The van der Waals surface area contributed by atoms with Crippen LogP contribution in [0.4, 0.5) is 5.69 Å². The Morgan fingerprint density at radius 1 is 1.50 bits per heavy atom. The van der Waals surface area contributed by atoms with E-state index in [1.165, 1.54) is 37.5 Å². The van der Waals surface area contributed by atoms with Crippen LogP contribution in [0.3, 0.4) is 0 Å². The maximum absolute atomic E-state index is 12.2. The van der Waals surface area contributed by atoms with Crippen LogP contribution in [0.1, 0.15) is 36.7 Å². The minimum Gasteiger partial charge on any atom is -0.459 e. The van der Waals surface area contributed by atoms with Gasteiger partial charge in [-0.3, -0.25) is 15.0 Å². The Hall–Kier alpha value is -2.48. The number of carbonyl (C=O) groups is 1. The zero-order valence-corrected chi connectivity index (χ0v) is 13.4. The number of hydrogen-bond donors (Lipinski definition) is 0. The highest BCUT2D eigenvalue weighted by atomic mass is 16.6. The predicted molar refractivity (Wildman–Crippen MR) is 85.8 cm³/mol. The van der Waals surface area contributed by atoms with Gasteiger partial charge in [0.2, 0.25) is 0 Å². The van der Waals surface area contributed by atoms with E-state index < -0.39 is 10.9 Å². The SMILES string of the molecule is C[C@H]1CCCCN1CCOC(=O)c1noc2cc([N+](=O)[O-])ccc12. The summed E-state index contributed by atoms with van der Waals surface area (Å²) in [5.74, 6) is -0.577. The van der Waals surface area contributed by atoms with Gasteiger partial charge < -0.3 is 9.26 Å². The van der Waals surface area contributed by atoms with E-state index in [1.807, 2.05) is 0 Å². The molecule has 8 nitrogen and oxygen atoms in total. The van der Waals surface area contributed by atoms with Crippen molar-refractivity contribution in [1.29, 1.82) is 0 Å². The highest BCUT2D eigenvalue weighted by molar-refractivity contribution is 6.01. The van der Waals surface area contributed by atoms with E-state index in [1.54, 1.807) is 0 Å². The van der Waals surface area contributed by atoms with Crippen LogP contribution >= 0.6 is 0 Å². The Morgan fingerprint density at radius 3 is 3.08 bits per heavy atom. The zero-order valence-electron chi connectivity index (χ0n) is 13.4. The van der Waals surface area contributed by atoms with Crippen molar-refractivity contribution in [2.45, 2.75) is 32.2 Å². The molecule has 0 spiro atoms. The third-order valence-corrected chi connectivity index (χ3v) is 4.41. The van der Waals surface area contributed by atoms with Crippen LogP contribution in [0.25, 0.3) is 11.0 Å². The van der Waals surface area contributed by atoms with E-state index in [9.17, 15) is 14.9 Å². The van der Waals surface area contributed by atoms with E-state index in [2.05, 4.69) is 17.0 Å². The van der Waals surface area contributed by atoms with Crippen molar-refractivity contribution in [1.82, 2.24) is 10.1 Å². The Balaban J connectivity index is 1.62. The van der Waals surface area contributed by atoms with Gasteiger partial charge in [-0.2, -0.15) is 0 Å². The highest BCUT2D eigenvalue weighted by Gasteiger charge is 2.21. The Kier molecular flexibility index (Phi) is 4.75. The first-order valence-corrected chi connectivity index (χ1v) is 8.01. The average molecular weight is 333 g/mol. The summed E-state index contributed by atoms with van der Waals surface area (Å²) in [5, 5.41) is 14.9. The van der Waals surface area contributed by atoms with Gasteiger partial charge in [0, 0.05) is 18.7 Å². The average Bonchev–Trinajstić information content (AvgIpc) is 2.99. The molecule has 1 aromatic carbocycles. The van der Waals surface area contributed by atoms with Crippen LogP contribution < -0.4 is 0 Å². The molecule has 3 rings (SSSR count). The molecule has 0 aliphatic carbocycles. The topological polar surface area (TPSA) is 98.7 Å². The molecule has 2 heterocycles. The number of rotatable bonds is 5. The number of non-ortho nitro benzene ring substituents is 1. The van der Waals surface area contributed by atoms with Crippen LogP contribution in [0.2, 0.25) is 0 Å². The number of nitrogens with zero attached hydrogens (tertiary/aromatic N) is 3. The second kappa shape index (κ2) is 6.96. The van der Waals surface area contributed by atoms with Gasteiger partial charge in [-0.15, -0.1) is 0 Å². The predicted octanol–water partition coefficient (Wildman–Crippen LogP) is 2.77. The number of fused-ring (bicyclic) bond motifs is 1. The monoisotopic (exact) mass is 333 g/mol. The molecule has 1 aliphatic rings. The maximum atomic E-state index is 12.2. The number of aromatic nitrogens is 1. The number of benzene rings is 1. The van der Waals surface area contributed by atoms with Crippen molar-refractivity contribution in [3.05, 3.63) is 34.0 Å². The van der Waals surface area contributed by atoms with Crippen molar-refractivity contribution in [3.8, 4) is 0 Å². The lowest BCUT2D eigenvalue weighted by atomic mass is 10.0. The molecule has 0 unspecified atom stereocenters. The van der Waals surface area contributed by atoms with Gasteiger partial charge in [-0.05, 0) is 32.4 Å². The number of carbonyl (C=O) groups excluding carboxylic acids is 1. The number of ether oxygens (including phenoxy) is 1. The van der Waals surface area contributed by atoms with Crippen LogP contribution in [0.15, 0.2) is 22.7 Å². The van der Waals surface area contributed by atoms with Crippen molar-refractivity contribution in [2.75, 3.05) is 19.7 Å². The Bertz CT molecular complexity index is 757. The van der Waals surface area contributed by atoms with Crippen molar-refractivity contribution in [2.24, 2.45) is 0 Å². The fourth-order valence-electron chi connectivity index (χ4n) is 3.00. The van der Waals surface area contributed by atoms with Crippen LogP contribution in [0.5, 0.6) is 0 Å². The summed E-state index contributed by atoms with van der Waals surface area (Å²) in [7, 11) is 0. The molecule has 1 aliphatic heterocycles. The molecule has 1 atom stereocenters. The fourth-order valence-corrected chi connectivity index (χ4v) is 3.00. The summed E-state index contributed by atoms with van der Waals surface area (Å²) in [5.41, 5.74) is 0.130. The fraction of sp³-hybridized carbons (Fsp3) is 0.500. The molecule has 0 bridgehead atoms. The van der Waals surface area contributed by atoms with E-state index in [4.69, 9.17) is 9.26 Å². The van der Waals surface area contributed by atoms with Crippen LogP contribution in [-0.2, 0) is 4.74 Å². The van der Waals surface area contributed by atoms with E-state index in [-0.39, 0.29) is 23.6 Å². The van der Waals surface area contributed by atoms with Gasteiger partial charge in [0.05, 0.1) is 16.4 Å². The summed E-state index contributed by atoms with van der Waals surface area (Å²) in [6.45, 7) is 4.17. The molecule has 24 heavy (non-hydrogen) atoms. The minimum atomic E-state index is -0.577. The quantitative estimate of drug-likeness (QED) is 0.471. The summed E-state index contributed by atoms with van der Waals surface area (Å²) in [6.07, 6.45) is 3.58. The van der Waals surface area contributed by atoms with Gasteiger partial charge in [-0.25, -0.2) is 4.79 Å². The van der Waals surface area contributed by atoms with Gasteiger partial charge in [0.25, 0.3) is 5.69 Å². The summed E-state index contributed by atoms with van der Waals surface area (Å²) in [4.78, 5) is 24.7. The van der Waals surface area contributed by atoms with Crippen LogP contribution in [-0.4, -0.2) is 46.7 Å². The first kappa shape index (κ1) is 16.4. The molecule has 0 saturated carbocycles. The molecule has 0 N–H and O–H groups in total. The van der Waals surface area contributed by atoms with Gasteiger partial charge in [0.15, 0.2) is 11.3 Å². The lowest BCUT2D eigenvalue weighted by Crippen LogP contribution is -2.39. The first-order chi connectivity index (χ1) is 11.6. The Morgan fingerprint density at radius 2 is 2.33 bits per heavy atom. The molecule has 2 aromatic rings. The number of nitro benzene ring substituents is 1. The summed E-state index contributed by atoms with van der Waals surface area (Å²) in [6, 6.07) is 4.51. The van der Waals surface area contributed by atoms with Crippen molar-refractivity contribution < 1.29 is 19.0 Å². The largest absolute Gasteiger partial charge is 0.459 e. The number of likely N-dealkylation sites (tertiary alicyclic amines) is 1. The zero-order chi connectivity index (χ0) is 17.1. The standard InChI is InChI=1S/C16H19N3O5/c1-11-4-2-3-7-18(11)8-9-23-16(20)15-13-6-5-12(19(21)22)10-14(13)24-17-15/h5-6,10-11H,2-4,7-9H2,1H3/t11-/m0/s1. The normalized spacial score (nSPS) is 18.6. The number of hydrogen-bond acceptors (Lipinski definition) is 7. The molecule has 0 amide bonds. The molecule has 0 radical (unpaired) electrons. The molecule has 1 aromatic heterocycles. The second-order valence-corrected chi connectivity index (χ2v) is 5.99. The summed E-state index contributed by atoms with van der Waals surface area (Å²) >= 11 is 0. The van der Waals surface area contributed by atoms with Gasteiger partial charge >= 0.3 is 5.97 Å². The number of esters is 1. The van der Waals surface area contributed by atoms with Crippen LogP contribution in [0, 0.1) is 10.1 Å². The van der Waals surface area contributed by atoms with Gasteiger partial charge in [0.1, 0.15) is 6.61 Å². The number of nitro groups is 1.